The Balaban J connectivity index is 1.90. The summed E-state index contributed by atoms with van der Waals surface area (Å²) in [6, 6.07) is -0.252. The summed E-state index contributed by atoms with van der Waals surface area (Å²) in [4.78, 5) is 33.3. The van der Waals surface area contributed by atoms with E-state index in [1.807, 2.05) is 11.8 Å². The molecule has 0 aromatic carbocycles. The van der Waals surface area contributed by atoms with Gasteiger partial charge in [0.05, 0.1) is 0 Å². The topological polar surface area (TPSA) is 47.1 Å². The molecule has 23 heavy (non-hydrogen) atoms. The van der Waals surface area contributed by atoms with Crippen molar-refractivity contribution in [3.05, 3.63) is 0 Å². The molecule has 2 aliphatic rings. The average Bonchev–Trinajstić information content (AvgIpc) is 2.81. The fourth-order valence-corrected chi connectivity index (χ4v) is 3.49. The van der Waals surface area contributed by atoms with Crippen molar-refractivity contribution in [2.75, 3.05) is 59.9 Å². The van der Waals surface area contributed by atoms with Crippen molar-refractivity contribution in [1.29, 1.82) is 0 Å². The van der Waals surface area contributed by atoms with Crippen LogP contribution in [0, 0.1) is 0 Å². The summed E-state index contributed by atoms with van der Waals surface area (Å²) in [5, 5.41) is 0. The third-order valence-corrected chi connectivity index (χ3v) is 4.92. The number of carbonyl (C=O) groups is 2. The molecular weight excluding hydrogens is 292 g/mol. The van der Waals surface area contributed by atoms with Crippen LogP contribution in [0.15, 0.2) is 0 Å². The van der Waals surface area contributed by atoms with Gasteiger partial charge in [-0.2, -0.15) is 0 Å². The minimum Gasteiger partial charge on any atom is -0.340 e. The lowest BCUT2D eigenvalue weighted by atomic mass is 10.1. The zero-order valence-electron chi connectivity index (χ0n) is 15.0. The van der Waals surface area contributed by atoms with Gasteiger partial charge in [0.1, 0.15) is 6.04 Å². The minimum atomic E-state index is -0.252. The summed E-state index contributed by atoms with van der Waals surface area (Å²) in [5.41, 5.74) is 0. The van der Waals surface area contributed by atoms with E-state index in [4.69, 9.17) is 0 Å². The maximum absolute atomic E-state index is 12.9. The molecule has 0 bridgehead atoms. The summed E-state index contributed by atoms with van der Waals surface area (Å²) in [6.45, 7) is 8.44. The van der Waals surface area contributed by atoms with Crippen molar-refractivity contribution >= 4 is 11.8 Å². The van der Waals surface area contributed by atoms with Crippen LogP contribution in [-0.4, -0.2) is 97.4 Å². The predicted molar refractivity (Wildman–Crippen MR) is 91.2 cm³/mol. The van der Waals surface area contributed by atoms with Crippen LogP contribution in [0.2, 0.25) is 0 Å². The third-order valence-electron chi connectivity index (χ3n) is 4.92. The van der Waals surface area contributed by atoms with E-state index in [1.54, 1.807) is 4.90 Å². The summed E-state index contributed by atoms with van der Waals surface area (Å²) in [6.07, 6.45) is 3.22. The summed E-state index contributed by atoms with van der Waals surface area (Å²) < 4.78 is 0. The molecule has 0 aromatic heterocycles. The molecule has 1 atom stereocenters. The quantitative estimate of drug-likeness (QED) is 0.713. The van der Waals surface area contributed by atoms with Crippen LogP contribution in [0.4, 0.5) is 0 Å². The van der Waals surface area contributed by atoms with Gasteiger partial charge in [0.2, 0.25) is 11.8 Å². The molecule has 0 aliphatic carbocycles. The Bertz CT molecular complexity index is 413. The van der Waals surface area contributed by atoms with E-state index < -0.39 is 0 Å². The Kier molecular flexibility index (Phi) is 6.84. The fourth-order valence-electron chi connectivity index (χ4n) is 3.49. The predicted octanol–water partition coefficient (Wildman–Crippen LogP) is 0.483. The molecule has 6 nitrogen and oxygen atoms in total. The van der Waals surface area contributed by atoms with Crippen molar-refractivity contribution < 1.29 is 9.59 Å². The van der Waals surface area contributed by atoms with Gasteiger partial charge in [-0.1, -0.05) is 6.92 Å². The number of likely N-dealkylation sites (N-methyl/N-ethyl adjacent to an activating group) is 1. The fraction of sp³-hybridized carbons (Fsp3) is 0.882. The van der Waals surface area contributed by atoms with Crippen LogP contribution in [0.3, 0.4) is 0 Å². The van der Waals surface area contributed by atoms with Gasteiger partial charge in [-0.25, -0.2) is 0 Å². The Morgan fingerprint density at radius 2 is 1.91 bits per heavy atom. The molecule has 2 heterocycles. The number of likely N-dealkylation sites (tertiary alicyclic amines) is 1. The Hall–Kier alpha value is -1.14. The highest BCUT2D eigenvalue weighted by atomic mass is 16.2. The van der Waals surface area contributed by atoms with Crippen molar-refractivity contribution in [3.63, 3.8) is 0 Å². The van der Waals surface area contributed by atoms with Gasteiger partial charge in [0, 0.05) is 45.7 Å². The lowest BCUT2D eigenvalue weighted by Crippen LogP contribution is -2.49. The van der Waals surface area contributed by atoms with Gasteiger partial charge in [-0.3, -0.25) is 9.59 Å². The van der Waals surface area contributed by atoms with Crippen LogP contribution in [0.5, 0.6) is 0 Å². The van der Waals surface area contributed by atoms with Gasteiger partial charge in [-0.15, -0.1) is 0 Å². The third kappa shape index (κ3) is 4.91. The molecule has 2 rings (SSSR count). The molecular formula is C17H32N4O2. The second-order valence-electron chi connectivity index (χ2n) is 6.94. The zero-order chi connectivity index (χ0) is 16.8. The van der Waals surface area contributed by atoms with Gasteiger partial charge >= 0.3 is 0 Å². The van der Waals surface area contributed by atoms with Crippen LogP contribution in [0.25, 0.3) is 0 Å². The molecule has 2 saturated heterocycles. The van der Waals surface area contributed by atoms with E-state index in [9.17, 15) is 9.59 Å². The maximum atomic E-state index is 12.9. The largest absolute Gasteiger partial charge is 0.340 e. The van der Waals surface area contributed by atoms with Crippen molar-refractivity contribution in [3.8, 4) is 0 Å². The smallest absolute Gasteiger partial charge is 0.245 e. The number of hydrogen-bond donors (Lipinski definition) is 0. The monoisotopic (exact) mass is 324 g/mol. The van der Waals surface area contributed by atoms with Gasteiger partial charge in [0.25, 0.3) is 0 Å². The first-order valence-electron chi connectivity index (χ1n) is 8.98. The van der Waals surface area contributed by atoms with E-state index in [0.29, 0.717) is 12.8 Å². The molecule has 0 unspecified atom stereocenters. The molecule has 2 fully saturated rings. The van der Waals surface area contributed by atoms with E-state index in [-0.39, 0.29) is 17.9 Å². The van der Waals surface area contributed by atoms with Gasteiger partial charge < -0.3 is 19.6 Å². The number of carbonyl (C=O) groups excluding carboxylic acids is 2. The van der Waals surface area contributed by atoms with Gasteiger partial charge in [-0.05, 0) is 39.9 Å². The maximum Gasteiger partial charge on any atom is 0.245 e. The lowest BCUT2D eigenvalue weighted by Gasteiger charge is -2.31. The average molecular weight is 324 g/mol. The number of hydrogen-bond acceptors (Lipinski definition) is 4. The molecule has 2 aliphatic heterocycles. The molecule has 0 radical (unpaired) electrons. The first-order valence-corrected chi connectivity index (χ1v) is 8.98. The Morgan fingerprint density at radius 3 is 2.52 bits per heavy atom. The molecule has 0 spiro atoms. The Morgan fingerprint density at radius 1 is 1.13 bits per heavy atom. The van der Waals surface area contributed by atoms with Crippen molar-refractivity contribution in [1.82, 2.24) is 19.6 Å². The van der Waals surface area contributed by atoms with E-state index in [2.05, 4.69) is 23.9 Å². The first-order chi connectivity index (χ1) is 11.0. The molecule has 2 amide bonds. The van der Waals surface area contributed by atoms with Crippen molar-refractivity contribution in [2.45, 2.75) is 38.6 Å². The molecule has 0 aromatic rings. The highest BCUT2D eigenvalue weighted by molar-refractivity contribution is 5.88. The molecule has 6 heteroatoms. The normalized spacial score (nSPS) is 21.8. The summed E-state index contributed by atoms with van der Waals surface area (Å²) in [7, 11) is 4.18. The second kappa shape index (κ2) is 8.64. The SMILES string of the molecule is CC[C@@H](C(=O)N1CCCN(CCN(C)C)CC1)N1CCCC1=O. The summed E-state index contributed by atoms with van der Waals surface area (Å²) >= 11 is 0. The van der Waals surface area contributed by atoms with E-state index >= 15 is 0 Å². The second-order valence-corrected chi connectivity index (χ2v) is 6.94. The van der Waals surface area contributed by atoms with Crippen LogP contribution >= 0.6 is 0 Å². The standard InChI is InChI=1S/C17H32N4O2/c1-4-15(21-10-5-7-16(21)22)17(23)20-9-6-8-19(13-14-20)12-11-18(2)3/h15H,4-14H2,1-3H3/t15-/m0/s1. The summed E-state index contributed by atoms with van der Waals surface area (Å²) in [5.74, 6) is 0.296. The number of nitrogens with zero attached hydrogens (tertiary/aromatic N) is 4. The number of amides is 2. The molecule has 0 saturated carbocycles. The van der Waals surface area contributed by atoms with Gasteiger partial charge in [0.15, 0.2) is 0 Å². The highest BCUT2D eigenvalue weighted by Gasteiger charge is 2.34. The van der Waals surface area contributed by atoms with Crippen LogP contribution in [0.1, 0.15) is 32.6 Å². The first kappa shape index (κ1) is 18.2. The minimum absolute atomic E-state index is 0.146. The Labute approximate surface area is 140 Å². The molecule has 132 valence electrons. The van der Waals surface area contributed by atoms with E-state index in [0.717, 1.165) is 58.7 Å². The van der Waals surface area contributed by atoms with Crippen molar-refractivity contribution in [2.24, 2.45) is 0 Å². The van der Waals surface area contributed by atoms with Crippen LogP contribution < -0.4 is 0 Å². The zero-order valence-corrected chi connectivity index (χ0v) is 15.0. The van der Waals surface area contributed by atoms with Crippen LogP contribution in [-0.2, 0) is 9.59 Å². The molecule has 0 N–H and O–H groups in total. The van der Waals surface area contributed by atoms with E-state index in [1.165, 1.54) is 0 Å². The number of rotatable bonds is 6. The highest BCUT2D eigenvalue weighted by Crippen LogP contribution is 2.18. The lowest BCUT2D eigenvalue weighted by molar-refractivity contribution is -0.143.